The number of aromatic hydroxyl groups is 1. The van der Waals surface area contributed by atoms with Gasteiger partial charge in [-0.15, -0.1) is 0 Å². The monoisotopic (exact) mass is 549 g/mol. The van der Waals surface area contributed by atoms with E-state index in [1.54, 1.807) is 38.1 Å². The summed E-state index contributed by atoms with van der Waals surface area (Å²) in [6.45, 7) is 3.52. The van der Waals surface area contributed by atoms with E-state index in [2.05, 4.69) is 15.9 Å². The molecule has 0 bridgehead atoms. The van der Waals surface area contributed by atoms with Crippen molar-refractivity contribution >= 4 is 38.7 Å². The van der Waals surface area contributed by atoms with Crippen molar-refractivity contribution in [3.05, 3.63) is 90.6 Å². The second-order valence-corrected chi connectivity index (χ2v) is 10.3. The van der Waals surface area contributed by atoms with Gasteiger partial charge in [-0.25, -0.2) is 4.79 Å². The van der Waals surface area contributed by atoms with Crippen molar-refractivity contribution in [2.24, 2.45) is 0 Å². The van der Waals surface area contributed by atoms with E-state index in [0.717, 1.165) is 28.5 Å². The van der Waals surface area contributed by atoms with Crippen molar-refractivity contribution in [3.63, 3.8) is 0 Å². The molecule has 1 aliphatic heterocycles. The fourth-order valence-electron chi connectivity index (χ4n) is 4.23. The quantitative estimate of drug-likeness (QED) is 0.321. The summed E-state index contributed by atoms with van der Waals surface area (Å²) in [5.41, 5.74) is -2.53. The van der Waals surface area contributed by atoms with Crippen molar-refractivity contribution < 1.29 is 22.7 Å². The first-order valence-electron chi connectivity index (χ1n) is 10.0. The van der Waals surface area contributed by atoms with E-state index in [9.17, 15) is 27.9 Å². The zero-order valence-corrected chi connectivity index (χ0v) is 20.1. The van der Waals surface area contributed by atoms with E-state index < -0.39 is 34.1 Å². The molecule has 3 heterocycles. The molecule has 0 spiro atoms. The van der Waals surface area contributed by atoms with Gasteiger partial charge in [0.1, 0.15) is 15.9 Å². The molecule has 10 heteroatoms. The first kappa shape index (κ1) is 22.8. The number of pyridine rings is 1. The topological polar surface area (TPSA) is 72.4 Å². The number of halogens is 4. The molecule has 5 rings (SSSR count). The van der Waals surface area contributed by atoms with Gasteiger partial charge in [0.05, 0.1) is 11.3 Å². The van der Waals surface area contributed by atoms with Gasteiger partial charge in [-0.1, -0.05) is 43.8 Å². The first-order chi connectivity index (χ1) is 15.9. The normalized spacial score (nSPS) is 14.3. The summed E-state index contributed by atoms with van der Waals surface area (Å²) in [5, 5.41) is 10.7. The number of hydrogen-bond donors (Lipinski definition) is 1. The molecular formula is C24H15BrF3NO4S. The maximum Gasteiger partial charge on any atom is 0.416 e. The number of fused-ring (bicyclic) bond motifs is 4. The Labute approximate surface area is 203 Å². The highest BCUT2D eigenvalue weighted by Gasteiger charge is 2.40. The molecule has 0 aliphatic carbocycles. The summed E-state index contributed by atoms with van der Waals surface area (Å²) in [6.07, 6.45) is -4.59. The summed E-state index contributed by atoms with van der Waals surface area (Å²) in [4.78, 5) is 26.7. The average Bonchev–Trinajstić information content (AvgIpc) is 2.98. The molecule has 0 saturated carbocycles. The van der Waals surface area contributed by atoms with Crippen LogP contribution in [0.25, 0.3) is 16.7 Å². The molecule has 1 aliphatic rings. The maximum absolute atomic E-state index is 13.6. The molecule has 4 aromatic rings. The Morgan fingerprint density at radius 3 is 2.47 bits per heavy atom. The van der Waals surface area contributed by atoms with E-state index in [4.69, 9.17) is 4.42 Å². The number of benzene rings is 2. The van der Waals surface area contributed by atoms with Crippen LogP contribution in [0.15, 0.2) is 76.8 Å². The lowest BCUT2D eigenvalue weighted by Gasteiger charge is -2.20. The van der Waals surface area contributed by atoms with E-state index in [-0.39, 0.29) is 21.6 Å². The third kappa shape index (κ3) is 3.31. The minimum atomic E-state index is -4.59. The van der Waals surface area contributed by atoms with Crippen LogP contribution in [-0.2, 0) is 11.6 Å². The largest absolute Gasteiger partial charge is 0.505 e. The Morgan fingerprint density at radius 2 is 1.79 bits per heavy atom. The van der Waals surface area contributed by atoms with Crippen LogP contribution < -0.4 is 11.2 Å². The Balaban J connectivity index is 1.81. The lowest BCUT2D eigenvalue weighted by molar-refractivity contribution is -0.137. The summed E-state index contributed by atoms with van der Waals surface area (Å²) in [7, 11) is 0. The highest BCUT2D eigenvalue weighted by Crippen LogP contribution is 2.45. The van der Waals surface area contributed by atoms with Gasteiger partial charge in [0.2, 0.25) is 0 Å². The second-order valence-electron chi connectivity index (χ2n) is 8.36. The third-order valence-electron chi connectivity index (χ3n) is 5.94. The van der Waals surface area contributed by atoms with Crippen LogP contribution in [0, 0.1) is 0 Å². The van der Waals surface area contributed by atoms with E-state index in [1.807, 2.05) is 0 Å². The zero-order chi connectivity index (χ0) is 24.6. The van der Waals surface area contributed by atoms with Gasteiger partial charge in [0, 0.05) is 26.5 Å². The molecule has 0 radical (unpaired) electrons. The number of nitrogens with zero attached hydrogens (tertiary/aromatic N) is 1. The summed E-state index contributed by atoms with van der Waals surface area (Å²) in [6, 6.07) is 11.7. The second kappa shape index (κ2) is 7.51. The van der Waals surface area contributed by atoms with Crippen molar-refractivity contribution in [2.75, 3.05) is 0 Å². The molecule has 2 aromatic carbocycles. The molecule has 2 aromatic heterocycles. The Hall–Kier alpha value is -2.98. The van der Waals surface area contributed by atoms with Crippen molar-refractivity contribution in [3.8, 4) is 11.4 Å². The van der Waals surface area contributed by atoms with Gasteiger partial charge in [-0.2, -0.15) is 13.2 Å². The predicted octanol–water partition coefficient (Wildman–Crippen LogP) is 6.22. The smallest absolute Gasteiger partial charge is 0.416 e. The summed E-state index contributed by atoms with van der Waals surface area (Å²) < 4.78 is 47.4. The lowest BCUT2D eigenvalue weighted by atomic mass is 9.83. The lowest BCUT2D eigenvalue weighted by Crippen LogP contribution is -2.24. The Morgan fingerprint density at radius 1 is 1.09 bits per heavy atom. The molecule has 5 nitrogen and oxygen atoms in total. The van der Waals surface area contributed by atoms with Gasteiger partial charge >= 0.3 is 11.8 Å². The molecule has 0 fully saturated rings. The highest BCUT2D eigenvalue weighted by molar-refractivity contribution is 9.10. The van der Waals surface area contributed by atoms with Crippen molar-refractivity contribution in [2.45, 2.75) is 35.2 Å². The number of aromatic nitrogens is 1. The molecule has 0 saturated heterocycles. The van der Waals surface area contributed by atoms with Crippen molar-refractivity contribution in [1.82, 2.24) is 4.57 Å². The summed E-state index contributed by atoms with van der Waals surface area (Å²) >= 11 is 4.28. The van der Waals surface area contributed by atoms with Crippen LogP contribution in [0.2, 0.25) is 0 Å². The van der Waals surface area contributed by atoms with Gasteiger partial charge in [0.25, 0.3) is 5.56 Å². The van der Waals surface area contributed by atoms with Crippen molar-refractivity contribution in [1.29, 1.82) is 0 Å². The Bertz CT molecular complexity index is 1620. The van der Waals surface area contributed by atoms with Gasteiger partial charge in [-0.3, -0.25) is 9.36 Å². The predicted molar refractivity (Wildman–Crippen MR) is 125 cm³/mol. The molecule has 0 amide bonds. The number of hydrogen-bond acceptors (Lipinski definition) is 5. The highest BCUT2D eigenvalue weighted by atomic mass is 79.9. The average molecular weight is 550 g/mol. The SMILES string of the molecule is CC1(C)c2ccc(C(F)(F)F)cc2-n2c1cc1oc(=O)c(Sc3ccccc3Br)c(O)c1c2=O. The molecule has 1 N–H and O–H groups in total. The van der Waals surface area contributed by atoms with Crippen LogP contribution >= 0.6 is 27.7 Å². The van der Waals surface area contributed by atoms with Crippen LogP contribution in [0.1, 0.15) is 30.7 Å². The molecule has 174 valence electrons. The minimum absolute atomic E-state index is 0.0762. The molecule has 0 atom stereocenters. The minimum Gasteiger partial charge on any atom is -0.505 e. The van der Waals surface area contributed by atoms with Gasteiger partial charge < -0.3 is 9.52 Å². The third-order valence-corrected chi connectivity index (χ3v) is 8.03. The zero-order valence-electron chi connectivity index (χ0n) is 17.7. The van der Waals surface area contributed by atoms with Gasteiger partial charge in [0.15, 0.2) is 5.75 Å². The number of rotatable bonds is 2. The van der Waals surface area contributed by atoms with E-state index in [0.29, 0.717) is 20.6 Å². The standard InChI is InChI=1S/C24H15BrF3NO4S/c1-23(2)12-8-7-11(24(26,27)28)9-14(12)29-17(23)10-15-18(21(29)31)19(30)20(22(32)33-15)34-16-6-4-3-5-13(16)25/h3-10,30H,1-2H3. The van der Waals surface area contributed by atoms with E-state index >= 15 is 0 Å². The summed E-state index contributed by atoms with van der Waals surface area (Å²) in [5.74, 6) is -0.578. The molecule has 0 unspecified atom stereocenters. The Kier molecular flexibility index (Phi) is 5.04. The van der Waals surface area contributed by atoms with E-state index in [1.165, 1.54) is 12.1 Å². The van der Waals surface area contributed by atoms with Crippen LogP contribution in [-0.4, -0.2) is 9.67 Å². The molecular weight excluding hydrogens is 535 g/mol. The molecule has 34 heavy (non-hydrogen) atoms. The van der Waals surface area contributed by atoms with Crippen LogP contribution in [0.5, 0.6) is 5.75 Å². The number of alkyl halides is 3. The fraction of sp³-hybridized carbons (Fsp3) is 0.167. The first-order valence-corrected chi connectivity index (χ1v) is 11.6. The van der Waals surface area contributed by atoms with Gasteiger partial charge in [-0.05, 0) is 45.8 Å². The van der Waals surface area contributed by atoms with Crippen LogP contribution in [0.3, 0.4) is 0 Å². The maximum atomic E-state index is 13.6. The fourth-order valence-corrected chi connectivity index (χ4v) is 5.61. The van der Waals surface area contributed by atoms with Crippen LogP contribution in [0.4, 0.5) is 13.2 Å².